The van der Waals surface area contributed by atoms with Gasteiger partial charge < -0.3 is 15.6 Å². The normalized spacial score (nSPS) is 10.2. The van der Waals surface area contributed by atoms with E-state index in [1.165, 1.54) is 19.2 Å². The van der Waals surface area contributed by atoms with Crippen LogP contribution in [-0.4, -0.2) is 18.0 Å². The lowest BCUT2D eigenvalue weighted by molar-refractivity contribution is 0.103. The number of phenols is 1. The summed E-state index contributed by atoms with van der Waals surface area (Å²) in [6, 6.07) is 8.18. The van der Waals surface area contributed by atoms with Gasteiger partial charge in [0.2, 0.25) is 0 Å². The summed E-state index contributed by atoms with van der Waals surface area (Å²) in [4.78, 5) is 12.1. The number of hydrogen-bond acceptors (Lipinski definition) is 4. The molecule has 0 radical (unpaired) electrons. The Morgan fingerprint density at radius 2 is 1.89 bits per heavy atom. The molecule has 0 amide bonds. The van der Waals surface area contributed by atoms with Crippen LogP contribution >= 0.6 is 0 Å². The summed E-state index contributed by atoms with van der Waals surface area (Å²) < 4.78 is 18.2. The summed E-state index contributed by atoms with van der Waals surface area (Å²) >= 11 is 0. The Morgan fingerprint density at radius 3 is 2.47 bits per heavy atom. The molecule has 0 bridgehead atoms. The minimum atomic E-state index is -0.674. The maximum atomic E-state index is 13.2. The van der Waals surface area contributed by atoms with Crippen molar-refractivity contribution in [3.8, 4) is 11.5 Å². The molecule has 2 rings (SSSR count). The molecule has 0 aromatic heterocycles. The number of aromatic hydroxyl groups is 1. The number of methoxy groups -OCH3 is 1. The second-order valence-corrected chi connectivity index (χ2v) is 3.95. The average molecular weight is 261 g/mol. The van der Waals surface area contributed by atoms with E-state index in [1.807, 2.05) is 0 Å². The van der Waals surface area contributed by atoms with Gasteiger partial charge in [-0.3, -0.25) is 4.79 Å². The number of ketones is 1. The van der Waals surface area contributed by atoms with E-state index in [1.54, 1.807) is 12.1 Å². The quantitative estimate of drug-likeness (QED) is 0.505. The second kappa shape index (κ2) is 4.97. The Morgan fingerprint density at radius 1 is 1.26 bits per heavy atom. The van der Waals surface area contributed by atoms with Gasteiger partial charge in [0, 0.05) is 11.6 Å². The zero-order valence-electron chi connectivity index (χ0n) is 10.2. The molecule has 3 N–H and O–H groups in total. The summed E-state index contributed by atoms with van der Waals surface area (Å²) in [5.41, 5.74) is 5.39. The van der Waals surface area contributed by atoms with Crippen LogP contribution in [0.2, 0.25) is 0 Å². The first-order valence-electron chi connectivity index (χ1n) is 5.49. The average Bonchev–Trinajstić information content (AvgIpc) is 2.42. The Balaban J connectivity index is 2.43. The van der Waals surface area contributed by atoms with E-state index in [-0.39, 0.29) is 11.3 Å². The number of carbonyl (C=O) groups is 1. The van der Waals surface area contributed by atoms with E-state index < -0.39 is 17.3 Å². The SMILES string of the molecule is COc1ccc(C(=O)c2cc(F)cc(N)c2O)cc1. The van der Waals surface area contributed by atoms with Gasteiger partial charge in [0.25, 0.3) is 0 Å². The van der Waals surface area contributed by atoms with Crippen molar-refractivity contribution in [2.24, 2.45) is 0 Å². The Kier molecular flexibility index (Phi) is 3.37. The van der Waals surface area contributed by atoms with Crippen molar-refractivity contribution in [3.63, 3.8) is 0 Å². The minimum absolute atomic E-state index is 0.164. The molecule has 0 aliphatic heterocycles. The molecular weight excluding hydrogens is 249 g/mol. The van der Waals surface area contributed by atoms with Crippen molar-refractivity contribution in [2.45, 2.75) is 0 Å². The topological polar surface area (TPSA) is 72.5 Å². The molecular formula is C14H12FNO3. The van der Waals surface area contributed by atoms with Gasteiger partial charge in [-0.25, -0.2) is 4.39 Å². The minimum Gasteiger partial charge on any atom is -0.505 e. The molecule has 2 aromatic rings. The number of benzene rings is 2. The monoisotopic (exact) mass is 261 g/mol. The number of rotatable bonds is 3. The Hall–Kier alpha value is -2.56. The molecule has 19 heavy (non-hydrogen) atoms. The van der Waals surface area contributed by atoms with E-state index in [0.29, 0.717) is 11.3 Å². The number of hydrogen-bond donors (Lipinski definition) is 2. The first kappa shape index (κ1) is 12.9. The number of nitrogen functional groups attached to an aromatic ring is 1. The second-order valence-electron chi connectivity index (χ2n) is 3.95. The van der Waals surface area contributed by atoms with Crippen LogP contribution in [0, 0.1) is 5.82 Å². The summed E-state index contributed by atoms with van der Waals surface area (Å²) in [7, 11) is 1.51. The molecule has 2 aromatic carbocycles. The lowest BCUT2D eigenvalue weighted by Crippen LogP contribution is -2.04. The fourth-order valence-electron chi connectivity index (χ4n) is 1.69. The Bertz CT molecular complexity index is 623. The van der Waals surface area contributed by atoms with E-state index in [2.05, 4.69) is 0 Å². The van der Waals surface area contributed by atoms with Crippen LogP contribution in [-0.2, 0) is 0 Å². The van der Waals surface area contributed by atoms with E-state index >= 15 is 0 Å². The molecule has 0 atom stereocenters. The third kappa shape index (κ3) is 2.49. The summed E-state index contributed by atoms with van der Waals surface area (Å²) in [6.07, 6.45) is 0. The maximum Gasteiger partial charge on any atom is 0.196 e. The van der Waals surface area contributed by atoms with Gasteiger partial charge in [0.05, 0.1) is 18.4 Å². The fraction of sp³-hybridized carbons (Fsp3) is 0.0714. The van der Waals surface area contributed by atoms with Crippen LogP contribution in [0.1, 0.15) is 15.9 Å². The molecule has 0 fully saturated rings. The molecule has 0 saturated heterocycles. The number of nitrogens with two attached hydrogens (primary N) is 1. The summed E-state index contributed by atoms with van der Waals surface area (Å²) in [5, 5.41) is 9.72. The molecule has 98 valence electrons. The lowest BCUT2D eigenvalue weighted by Gasteiger charge is -2.07. The molecule has 0 saturated carbocycles. The van der Waals surface area contributed by atoms with Gasteiger partial charge in [0.1, 0.15) is 17.3 Å². The van der Waals surface area contributed by atoms with Crippen molar-refractivity contribution < 1.29 is 19.0 Å². The largest absolute Gasteiger partial charge is 0.505 e. The maximum absolute atomic E-state index is 13.2. The highest BCUT2D eigenvalue weighted by Gasteiger charge is 2.17. The van der Waals surface area contributed by atoms with Gasteiger partial charge in [-0.1, -0.05) is 0 Å². The van der Waals surface area contributed by atoms with Gasteiger partial charge in [-0.15, -0.1) is 0 Å². The highest BCUT2D eigenvalue weighted by molar-refractivity contribution is 6.11. The van der Waals surface area contributed by atoms with Crippen LogP contribution in [0.25, 0.3) is 0 Å². The molecule has 5 heteroatoms. The third-order valence-corrected chi connectivity index (χ3v) is 2.70. The summed E-state index contributed by atoms with van der Waals surface area (Å²) in [5.74, 6) is -1.000. The molecule has 0 spiro atoms. The fourth-order valence-corrected chi connectivity index (χ4v) is 1.69. The van der Waals surface area contributed by atoms with E-state index in [0.717, 1.165) is 12.1 Å². The van der Waals surface area contributed by atoms with Gasteiger partial charge in [0.15, 0.2) is 5.78 Å². The predicted octanol–water partition coefficient (Wildman–Crippen LogP) is 2.35. The highest BCUT2D eigenvalue weighted by Crippen LogP contribution is 2.28. The predicted molar refractivity (Wildman–Crippen MR) is 68.9 cm³/mol. The highest BCUT2D eigenvalue weighted by atomic mass is 19.1. The standard InChI is InChI=1S/C14H12FNO3/c1-19-10-4-2-8(3-5-10)13(17)11-6-9(15)7-12(16)14(11)18/h2-7,18H,16H2,1H3. The molecule has 4 nitrogen and oxygen atoms in total. The van der Waals surface area contributed by atoms with Crippen molar-refractivity contribution in [3.05, 3.63) is 53.3 Å². The van der Waals surface area contributed by atoms with Crippen molar-refractivity contribution in [2.75, 3.05) is 12.8 Å². The lowest BCUT2D eigenvalue weighted by atomic mass is 10.0. The Labute approximate surface area is 109 Å². The van der Waals surface area contributed by atoms with E-state index in [4.69, 9.17) is 10.5 Å². The van der Waals surface area contributed by atoms with Gasteiger partial charge >= 0.3 is 0 Å². The van der Waals surface area contributed by atoms with Crippen LogP contribution in [0.5, 0.6) is 11.5 Å². The summed E-state index contributed by atoms with van der Waals surface area (Å²) in [6.45, 7) is 0. The van der Waals surface area contributed by atoms with Crippen LogP contribution in [0.3, 0.4) is 0 Å². The third-order valence-electron chi connectivity index (χ3n) is 2.70. The number of phenolic OH excluding ortho intramolecular Hbond substituents is 1. The number of halogens is 1. The van der Waals surface area contributed by atoms with Gasteiger partial charge in [-0.2, -0.15) is 0 Å². The molecule has 0 heterocycles. The first-order valence-corrected chi connectivity index (χ1v) is 5.49. The zero-order chi connectivity index (χ0) is 14.0. The number of ether oxygens (including phenoxy) is 1. The van der Waals surface area contributed by atoms with Crippen LogP contribution in [0.15, 0.2) is 36.4 Å². The van der Waals surface area contributed by atoms with Crippen LogP contribution < -0.4 is 10.5 Å². The number of carbonyl (C=O) groups excluding carboxylic acids is 1. The number of anilines is 1. The van der Waals surface area contributed by atoms with Crippen molar-refractivity contribution >= 4 is 11.5 Å². The zero-order valence-corrected chi connectivity index (χ0v) is 10.2. The van der Waals surface area contributed by atoms with E-state index in [9.17, 15) is 14.3 Å². The van der Waals surface area contributed by atoms with Gasteiger partial charge in [-0.05, 0) is 30.3 Å². The smallest absolute Gasteiger partial charge is 0.196 e. The molecule has 0 aliphatic rings. The van der Waals surface area contributed by atoms with Crippen molar-refractivity contribution in [1.82, 2.24) is 0 Å². The molecule has 0 aliphatic carbocycles. The first-order chi connectivity index (χ1) is 9.02. The van der Waals surface area contributed by atoms with Crippen molar-refractivity contribution in [1.29, 1.82) is 0 Å². The van der Waals surface area contributed by atoms with Crippen LogP contribution in [0.4, 0.5) is 10.1 Å². The molecule has 0 unspecified atom stereocenters.